The van der Waals surface area contributed by atoms with E-state index >= 15 is 0 Å². The fourth-order valence-electron chi connectivity index (χ4n) is 3.10. The molecule has 2 aliphatic heterocycles. The minimum absolute atomic E-state index is 0.0918. The molecule has 0 bridgehead atoms. The van der Waals surface area contributed by atoms with Gasteiger partial charge >= 0.3 is 6.09 Å². The summed E-state index contributed by atoms with van der Waals surface area (Å²) in [6.07, 6.45) is 2.90. The van der Waals surface area contributed by atoms with Crippen LogP contribution in [-0.2, 0) is 9.53 Å². The third kappa shape index (κ3) is 3.67. The first kappa shape index (κ1) is 16.1. The van der Waals surface area contributed by atoms with Crippen LogP contribution in [0.25, 0.3) is 0 Å². The maximum absolute atomic E-state index is 12.1. The van der Waals surface area contributed by atoms with Gasteiger partial charge in [-0.05, 0) is 40.0 Å². The lowest BCUT2D eigenvalue weighted by Crippen LogP contribution is -2.56. The lowest BCUT2D eigenvalue weighted by Gasteiger charge is -2.43. The molecule has 0 aromatic carbocycles. The molecule has 1 N–H and O–H groups in total. The molecule has 2 fully saturated rings. The number of piperidine rings is 1. The number of nitrogens with one attached hydrogen (secondary N) is 1. The van der Waals surface area contributed by atoms with Crippen LogP contribution in [0.1, 0.15) is 53.4 Å². The van der Waals surface area contributed by atoms with Crippen molar-refractivity contribution < 1.29 is 14.3 Å². The second kappa shape index (κ2) is 5.83. The number of amides is 2. The Hall–Kier alpha value is -1.30. The smallest absolute Gasteiger partial charge is 0.410 e. The predicted molar refractivity (Wildman–Crippen MR) is 79.5 cm³/mol. The van der Waals surface area contributed by atoms with E-state index in [0.717, 1.165) is 25.8 Å². The van der Waals surface area contributed by atoms with Crippen molar-refractivity contribution in [2.75, 3.05) is 19.6 Å². The highest BCUT2D eigenvalue weighted by atomic mass is 16.6. The number of hydrogen-bond acceptors (Lipinski definition) is 4. The van der Waals surface area contributed by atoms with Gasteiger partial charge in [0, 0.05) is 26.1 Å². The van der Waals surface area contributed by atoms with Gasteiger partial charge in [-0.1, -0.05) is 6.92 Å². The molecule has 2 heterocycles. The van der Waals surface area contributed by atoms with Crippen LogP contribution in [-0.4, -0.2) is 52.7 Å². The minimum atomic E-state index is -0.467. The van der Waals surface area contributed by atoms with Crippen molar-refractivity contribution in [2.45, 2.75) is 64.5 Å². The van der Waals surface area contributed by atoms with Crippen molar-refractivity contribution in [1.29, 1.82) is 0 Å². The van der Waals surface area contributed by atoms with Crippen LogP contribution >= 0.6 is 0 Å². The lowest BCUT2D eigenvalue weighted by molar-refractivity contribution is -0.121. The molecule has 0 unspecified atom stereocenters. The van der Waals surface area contributed by atoms with Gasteiger partial charge in [0.15, 0.2) is 0 Å². The molecule has 2 aliphatic rings. The summed E-state index contributed by atoms with van der Waals surface area (Å²) in [4.78, 5) is 25.6. The number of ether oxygens (including phenoxy) is 1. The Kier molecular flexibility index (Phi) is 4.46. The molecule has 1 spiro atoms. The van der Waals surface area contributed by atoms with Gasteiger partial charge in [-0.15, -0.1) is 0 Å². The zero-order valence-electron chi connectivity index (χ0n) is 13.6. The SMILES string of the molecule is CCCN1NC(=O)CC12CCN(C(=O)OC(C)(C)C)CC2. The summed E-state index contributed by atoms with van der Waals surface area (Å²) in [6.45, 7) is 9.87. The summed E-state index contributed by atoms with van der Waals surface area (Å²) in [5.41, 5.74) is 2.37. The molecule has 2 amide bonds. The molecular weight excluding hydrogens is 270 g/mol. The fourth-order valence-corrected chi connectivity index (χ4v) is 3.10. The topological polar surface area (TPSA) is 61.9 Å². The second-order valence-electron chi connectivity index (χ2n) is 7.06. The molecule has 6 heteroatoms. The molecule has 0 atom stereocenters. The van der Waals surface area contributed by atoms with Crippen molar-refractivity contribution in [3.05, 3.63) is 0 Å². The van der Waals surface area contributed by atoms with Gasteiger partial charge in [-0.2, -0.15) is 0 Å². The zero-order chi connectivity index (χ0) is 15.7. The Labute approximate surface area is 126 Å². The van der Waals surface area contributed by atoms with E-state index in [-0.39, 0.29) is 17.5 Å². The molecule has 6 nitrogen and oxygen atoms in total. The highest BCUT2D eigenvalue weighted by Crippen LogP contribution is 2.35. The van der Waals surface area contributed by atoms with Crippen LogP contribution in [0.3, 0.4) is 0 Å². The molecule has 0 aliphatic carbocycles. The lowest BCUT2D eigenvalue weighted by atomic mass is 9.85. The Morgan fingerprint density at radius 1 is 1.33 bits per heavy atom. The molecule has 120 valence electrons. The quantitative estimate of drug-likeness (QED) is 0.845. The maximum atomic E-state index is 12.1. The number of carbonyl (C=O) groups is 2. The summed E-state index contributed by atoms with van der Waals surface area (Å²) in [6, 6.07) is 0. The number of nitrogens with zero attached hydrogens (tertiary/aromatic N) is 2. The van der Waals surface area contributed by atoms with Crippen molar-refractivity contribution in [3.8, 4) is 0 Å². The van der Waals surface area contributed by atoms with Crippen LogP contribution in [0.4, 0.5) is 4.79 Å². The molecule has 0 aromatic rings. The van der Waals surface area contributed by atoms with Gasteiger partial charge in [0.1, 0.15) is 5.60 Å². The minimum Gasteiger partial charge on any atom is -0.444 e. The van der Waals surface area contributed by atoms with E-state index < -0.39 is 5.60 Å². The molecule has 0 aromatic heterocycles. The first-order chi connectivity index (χ1) is 9.76. The largest absolute Gasteiger partial charge is 0.444 e. The highest BCUT2D eigenvalue weighted by Gasteiger charge is 2.47. The van der Waals surface area contributed by atoms with Crippen LogP contribution in [0.2, 0.25) is 0 Å². The van der Waals surface area contributed by atoms with Crippen LogP contribution in [0.5, 0.6) is 0 Å². The summed E-state index contributed by atoms with van der Waals surface area (Å²) in [5.74, 6) is 0.0918. The summed E-state index contributed by atoms with van der Waals surface area (Å²) >= 11 is 0. The molecule has 0 saturated carbocycles. The standard InChI is InChI=1S/C15H27N3O3/c1-5-8-18-15(11-12(19)16-18)6-9-17(10-7-15)13(20)21-14(2,3)4/h5-11H2,1-4H3,(H,16,19). The molecule has 21 heavy (non-hydrogen) atoms. The first-order valence-corrected chi connectivity index (χ1v) is 7.81. The van der Waals surface area contributed by atoms with Crippen molar-refractivity contribution in [2.24, 2.45) is 0 Å². The number of hydrazine groups is 1. The third-order valence-electron chi connectivity index (χ3n) is 4.11. The number of likely N-dealkylation sites (tertiary alicyclic amines) is 1. The number of carbonyl (C=O) groups excluding carboxylic acids is 2. The molecule has 2 rings (SSSR count). The van der Waals surface area contributed by atoms with Gasteiger partial charge in [0.05, 0.1) is 5.54 Å². The molecule has 2 saturated heterocycles. The Morgan fingerprint density at radius 2 is 1.95 bits per heavy atom. The van der Waals surface area contributed by atoms with E-state index in [1.54, 1.807) is 4.90 Å². The monoisotopic (exact) mass is 297 g/mol. The number of hydrogen-bond donors (Lipinski definition) is 1. The second-order valence-corrected chi connectivity index (χ2v) is 7.06. The normalized spacial score (nSPS) is 22.5. The van der Waals surface area contributed by atoms with E-state index in [0.29, 0.717) is 19.5 Å². The zero-order valence-corrected chi connectivity index (χ0v) is 13.6. The van der Waals surface area contributed by atoms with Gasteiger partial charge in [0.25, 0.3) is 0 Å². The van der Waals surface area contributed by atoms with Crippen molar-refractivity contribution in [3.63, 3.8) is 0 Å². The van der Waals surface area contributed by atoms with E-state index in [4.69, 9.17) is 4.74 Å². The van der Waals surface area contributed by atoms with E-state index in [9.17, 15) is 9.59 Å². The third-order valence-corrected chi connectivity index (χ3v) is 4.11. The summed E-state index contributed by atoms with van der Waals surface area (Å²) < 4.78 is 5.41. The first-order valence-electron chi connectivity index (χ1n) is 7.81. The molecule has 0 radical (unpaired) electrons. The predicted octanol–water partition coefficient (Wildman–Crippen LogP) is 1.90. The van der Waals surface area contributed by atoms with E-state index in [2.05, 4.69) is 17.4 Å². The average Bonchev–Trinajstić information content (AvgIpc) is 2.65. The highest BCUT2D eigenvalue weighted by molar-refractivity contribution is 5.79. The number of rotatable bonds is 2. The summed E-state index contributed by atoms with van der Waals surface area (Å²) in [5, 5.41) is 2.09. The summed E-state index contributed by atoms with van der Waals surface area (Å²) in [7, 11) is 0. The van der Waals surface area contributed by atoms with Crippen LogP contribution in [0.15, 0.2) is 0 Å². The van der Waals surface area contributed by atoms with Gasteiger partial charge in [0.2, 0.25) is 5.91 Å². The van der Waals surface area contributed by atoms with Gasteiger partial charge < -0.3 is 9.64 Å². The fraction of sp³-hybridized carbons (Fsp3) is 0.867. The van der Waals surface area contributed by atoms with Crippen molar-refractivity contribution >= 4 is 12.0 Å². The average molecular weight is 297 g/mol. The molecular formula is C15H27N3O3. The van der Waals surface area contributed by atoms with Crippen LogP contribution in [0, 0.1) is 0 Å². The van der Waals surface area contributed by atoms with Crippen LogP contribution < -0.4 is 5.43 Å². The Morgan fingerprint density at radius 3 is 2.48 bits per heavy atom. The van der Waals surface area contributed by atoms with Gasteiger partial charge in [-0.25, -0.2) is 9.80 Å². The van der Waals surface area contributed by atoms with E-state index in [1.807, 2.05) is 20.8 Å². The van der Waals surface area contributed by atoms with Gasteiger partial charge in [-0.3, -0.25) is 10.2 Å². The van der Waals surface area contributed by atoms with E-state index in [1.165, 1.54) is 0 Å². The Balaban J connectivity index is 1.96. The van der Waals surface area contributed by atoms with Crippen molar-refractivity contribution in [1.82, 2.24) is 15.3 Å². The Bertz CT molecular complexity index is 409. The maximum Gasteiger partial charge on any atom is 0.410 e.